The number of hydrogen-bond donors (Lipinski definition) is 0. The molecule has 3 heterocycles. The van der Waals surface area contributed by atoms with Gasteiger partial charge >= 0.3 is 0 Å². The van der Waals surface area contributed by atoms with Crippen molar-refractivity contribution < 1.29 is 4.39 Å². The highest BCUT2D eigenvalue weighted by Gasteiger charge is 2.21. The number of pyridine rings is 1. The SMILES string of the molecule is CCc1ccc2c(n1)-c1cc3c(F)cccc3n1CC2. The van der Waals surface area contributed by atoms with Gasteiger partial charge in [0.05, 0.1) is 16.9 Å². The molecule has 0 spiro atoms. The van der Waals surface area contributed by atoms with Crippen LogP contribution in [0.15, 0.2) is 36.4 Å². The third kappa shape index (κ3) is 1.52. The minimum absolute atomic E-state index is 0.155. The number of fused-ring (bicyclic) bond motifs is 5. The van der Waals surface area contributed by atoms with E-state index >= 15 is 0 Å². The van der Waals surface area contributed by atoms with E-state index in [0.717, 1.165) is 42.0 Å². The smallest absolute Gasteiger partial charge is 0.132 e. The molecule has 0 fully saturated rings. The van der Waals surface area contributed by atoms with E-state index in [4.69, 9.17) is 4.98 Å². The van der Waals surface area contributed by atoms with Gasteiger partial charge in [0.2, 0.25) is 0 Å². The molecule has 3 heteroatoms. The molecule has 0 amide bonds. The lowest BCUT2D eigenvalue weighted by Gasteiger charge is -2.19. The fourth-order valence-electron chi connectivity index (χ4n) is 3.07. The Balaban J connectivity index is 2.04. The van der Waals surface area contributed by atoms with Gasteiger partial charge in [-0.2, -0.15) is 0 Å². The fourth-order valence-corrected chi connectivity index (χ4v) is 3.07. The van der Waals surface area contributed by atoms with E-state index < -0.39 is 0 Å². The van der Waals surface area contributed by atoms with Crippen LogP contribution in [0.5, 0.6) is 0 Å². The minimum atomic E-state index is -0.155. The van der Waals surface area contributed by atoms with Crippen LogP contribution in [0.4, 0.5) is 4.39 Å². The zero-order valence-corrected chi connectivity index (χ0v) is 11.4. The molecule has 100 valence electrons. The van der Waals surface area contributed by atoms with E-state index in [1.807, 2.05) is 12.1 Å². The molecule has 0 N–H and O–H groups in total. The van der Waals surface area contributed by atoms with Gasteiger partial charge in [-0.15, -0.1) is 0 Å². The maximum atomic E-state index is 14.0. The first-order valence-electron chi connectivity index (χ1n) is 7.05. The number of nitrogens with zero attached hydrogens (tertiary/aromatic N) is 2. The fraction of sp³-hybridized carbons (Fsp3) is 0.235. The van der Waals surface area contributed by atoms with Gasteiger partial charge in [-0.3, -0.25) is 4.98 Å². The van der Waals surface area contributed by atoms with Crippen LogP contribution in [0.1, 0.15) is 18.2 Å². The molecule has 20 heavy (non-hydrogen) atoms. The van der Waals surface area contributed by atoms with Gasteiger partial charge in [0.1, 0.15) is 5.82 Å². The number of hydrogen-bond acceptors (Lipinski definition) is 1. The molecule has 0 aliphatic carbocycles. The lowest BCUT2D eigenvalue weighted by atomic mass is 10.0. The minimum Gasteiger partial charge on any atom is -0.339 e. The zero-order valence-electron chi connectivity index (χ0n) is 11.4. The Morgan fingerprint density at radius 3 is 3.00 bits per heavy atom. The van der Waals surface area contributed by atoms with Crippen LogP contribution in [0, 0.1) is 5.82 Å². The maximum Gasteiger partial charge on any atom is 0.132 e. The standard InChI is InChI=1S/C17H15FN2/c1-2-12-7-6-11-8-9-20-15-5-3-4-14(18)13(15)10-16(20)17(11)19-12/h3-7,10H,2,8-9H2,1H3. The molecule has 2 aromatic heterocycles. The van der Waals surface area contributed by atoms with E-state index in [1.54, 1.807) is 6.07 Å². The second-order valence-corrected chi connectivity index (χ2v) is 5.27. The van der Waals surface area contributed by atoms with Crippen LogP contribution in [-0.4, -0.2) is 9.55 Å². The number of rotatable bonds is 1. The van der Waals surface area contributed by atoms with Crippen LogP contribution in [0.2, 0.25) is 0 Å². The first kappa shape index (κ1) is 11.6. The van der Waals surface area contributed by atoms with Gasteiger partial charge in [-0.25, -0.2) is 4.39 Å². The molecule has 2 nitrogen and oxygen atoms in total. The molecule has 0 saturated carbocycles. The maximum absolute atomic E-state index is 14.0. The van der Waals surface area contributed by atoms with E-state index in [-0.39, 0.29) is 5.82 Å². The summed E-state index contributed by atoms with van der Waals surface area (Å²) in [5.74, 6) is -0.155. The predicted molar refractivity (Wildman–Crippen MR) is 78.2 cm³/mol. The number of benzene rings is 1. The largest absolute Gasteiger partial charge is 0.339 e. The summed E-state index contributed by atoms with van der Waals surface area (Å²) in [6.07, 6.45) is 1.88. The summed E-state index contributed by atoms with van der Waals surface area (Å²) in [6.45, 7) is 3.00. The van der Waals surface area contributed by atoms with E-state index in [0.29, 0.717) is 5.39 Å². The first-order valence-corrected chi connectivity index (χ1v) is 7.05. The Kier molecular flexibility index (Phi) is 2.43. The molecule has 4 rings (SSSR count). The molecule has 1 aliphatic heterocycles. The molecular formula is C17H15FN2. The average Bonchev–Trinajstić information content (AvgIpc) is 2.87. The molecule has 0 atom stereocenters. The van der Waals surface area contributed by atoms with Gasteiger partial charge in [-0.1, -0.05) is 19.1 Å². The summed E-state index contributed by atoms with van der Waals surface area (Å²) in [6, 6.07) is 11.5. The molecule has 1 aromatic carbocycles. The van der Waals surface area contributed by atoms with Crippen LogP contribution in [0.3, 0.4) is 0 Å². The Morgan fingerprint density at radius 1 is 1.25 bits per heavy atom. The summed E-state index contributed by atoms with van der Waals surface area (Å²) >= 11 is 0. The highest BCUT2D eigenvalue weighted by molar-refractivity contribution is 5.88. The van der Waals surface area contributed by atoms with E-state index in [2.05, 4.69) is 23.6 Å². The molecular weight excluding hydrogens is 251 g/mol. The van der Waals surface area contributed by atoms with Gasteiger partial charge < -0.3 is 4.57 Å². The monoisotopic (exact) mass is 266 g/mol. The quantitative estimate of drug-likeness (QED) is 0.652. The molecule has 1 aliphatic rings. The van der Waals surface area contributed by atoms with Crippen molar-refractivity contribution >= 4 is 10.9 Å². The average molecular weight is 266 g/mol. The Morgan fingerprint density at radius 2 is 2.15 bits per heavy atom. The van der Waals surface area contributed by atoms with Crippen LogP contribution in [-0.2, 0) is 19.4 Å². The Hall–Kier alpha value is -2.16. The van der Waals surface area contributed by atoms with Crippen LogP contribution < -0.4 is 0 Å². The molecule has 3 aromatic rings. The summed E-state index contributed by atoms with van der Waals surface area (Å²) in [4.78, 5) is 4.75. The summed E-state index contributed by atoms with van der Waals surface area (Å²) < 4.78 is 16.1. The van der Waals surface area contributed by atoms with E-state index in [9.17, 15) is 4.39 Å². The van der Waals surface area contributed by atoms with Crippen LogP contribution in [0.25, 0.3) is 22.3 Å². The number of aryl methyl sites for hydroxylation is 3. The van der Waals surface area contributed by atoms with E-state index in [1.165, 1.54) is 11.6 Å². The summed E-state index contributed by atoms with van der Waals surface area (Å²) in [5, 5.41) is 0.694. The lowest BCUT2D eigenvalue weighted by Crippen LogP contribution is -2.12. The van der Waals surface area contributed by atoms with Crippen molar-refractivity contribution in [1.29, 1.82) is 0 Å². The zero-order chi connectivity index (χ0) is 13.7. The highest BCUT2D eigenvalue weighted by atomic mass is 19.1. The predicted octanol–water partition coefficient (Wildman–Crippen LogP) is 3.96. The first-order chi connectivity index (χ1) is 9.78. The third-order valence-corrected chi connectivity index (χ3v) is 4.14. The highest BCUT2D eigenvalue weighted by Crippen LogP contribution is 2.34. The normalized spacial score (nSPS) is 13.3. The van der Waals surface area contributed by atoms with Gasteiger partial charge in [0.15, 0.2) is 0 Å². The van der Waals surface area contributed by atoms with Crippen molar-refractivity contribution in [2.75, 3.05) is 0 Å². The van der Waals surface area contributed by atoms with Crippen molar-refractivity contribution in [2.45, 2.75) is 26.3 Å². The Bertz CT molecular complexity index is 817. The molecule has 0 radical (unpaired) electrons. The van der Waals surface area contributed by atoms with Crippen molar-refractivity contribution in [3.05, 3.63) is 53.5 Å². The number of halogens is 1. The van der Waals surface area contributed by atoms with Gasteiger partial charge in [0, 0.05) is 17.6 Å². The topological polar surface area (TPSA) is 17.8 Å². The third-order valence-electron chi connectivity index (χ3n) is 4.14. The van der Waals surface area contributed by atoms with Gasteiger partial charge in [0.25, 0.3) is 0 Å². The second kappa shape index (κ2) is 4.17. The van der Waals surface area contributed by atoms with Crippen molar-refractivity contribution in [3.8, 4) is 11.4 Å². The van der Waals surface area contributed by atoms with Crippen molar-refractivity contribution in [3.63, 3.8) is 0 Å². The Labute approximate surface area is 116 Å². The summed E-state index contributed by atoms with van der Waals surface area (Å²) in [5.41, 5.74) is 5.38. The lowest BCUT2D eigenvalue weighted by molar-refractivity contribution is 0.639. The molecule has 0 saturated heterocycles. The van der Waals surface area contributed by atoms with Crippen molar-refractivity contribution in [1.82, 2.24) is 9.55 Å². The summed E-state index contributed by atoms with van der Waals surface area (Å²) in [7, 11) is 0. The van der Waals surface area contributed by atoms with Gasteiger partial charge in [-0.05, 0) is 42.7 Å². The second-order valence-electron chi connectivity index (χ2n) is 5.27. The van der Waals surface area contributed by atoms with Crippen LogP contribution >= 0.6 is 0 Å². The van der Waals surface area contributed by atoms with Crippen molar-refractivity contribution in [2.24, 2.45) is 0 Å². The number of aromatic nitrogens is 2. The molecule has 0 bridgehead atoms. The molecule has 0 unspecified atom stereocenters.